The number of aromatic nitrogens is 2. The number of hydrogen-bond acceptors (Lipinski definition) is 4. The third-order valence-corrected chi connectivity index (χ3v) is 4.30. The van der Waals surface area contributed by atoms with Crippen molar-refractivity contribution in [3.05, 3.63) is 35.4 Å². The van der Waals surface area contributed by atoms with Crippen LogP contribution >= 0.6 is 11.6 Å². The molecule has 0 saturated carbocycles. The fraction of sp³-hybridized carbons (Fsp3) is 0.250. The van der Waals surface area contributed by atoms with Gasteiger partial charge in [-0.05, 0) is 26.0 Å². The number of halogens is 2. The monoisotopic (exact) mass is 332 g/mol. The minimum Gasteiger partial charge on any atom is -0.396 e. The first-order valence-electron chi connectivity index (χ1n) is 6.02. The first-order chi connectivity index (χ1) is 9.70. The van der Waals surface area contributed by atoms with E-state index in [1.807, 2.05) is 13.8 Å². The van der Waals surface area contributed by atoms with Gasteiger partial charge in [0, 0.05) is 17.3 Å². The Kier molecular flexibility index (Phi) is 4.11. The average molecular weight is 333 g/mol. The predicted octanol–water partition coefficient (Wildman–Crippen LogP) is 2.64. The molecule has 3 N–H and O–H groups in total. The van der Waals surface area contributed by atoms with Gasteiger partial charge in [0.2, 0.25) is 0 Å². The van der Waals surface area contributed by atoms with Crippen molar-refractivity contribution in [1.82, 2.24) is 9.78 Å². The highest BCUT2D eigenvalue weighted by Crippen LogP contribution is 2.26. The Balaban J connectivity index is 2.38. The minimum absolute atomic E-state index is 0.0344. The summed E-state index contributed by atoms with van der Waals surface area (Å²) in [4.78, 5) is -0.607. The predicted molar refractivity (Wildman–Crippen MR) is 79.2 cm³/mol. The summed E-state index contributed by atoms with van der Waals surface area (Å²) in [5.41, 5.74) is 5.28. The van der Waals surface area contributed by atoms with E-state index in [0.717, 1.165) is 12.1 Å². The normalized spacial score (nSPS) is 11.9. The Morgan fingerprint density at radius 1 is 1.43 bits per heavy atom. The summed E-state index contributed by atoms with van der Waals surface area (Å²) < 4.78 is 42.1. The number of nitrogens with zero attached hydrogens (tertiary/aromatic N) is 2. The molecule has 0 fully saturated rings. The van der Waals surface area contributed by atoms with Crippen molar-refractivity contribution in [2.45, 2.75) is 24.8 Å². The maximum atomic E-state index is 13.9. The van der Waals surface area contributed by atoms with Gasteiger partial charge < -0.3 is 5.73 Å². The highest BCUT2D eigenvalue weighted by molar-refractivity contribution is 7.92. The number of hydrogen-bond donors (Lipinski definition) is 2. The number of nitrogen functional groups attached to an aromatic ring is 1. The maximum Gasteiger partial charge on any atom is 0.265 e. The van der Waals surface area contributed by atoms with E-state index >= 15 is 0 Å². The zero-order chi connectivity index (χ0) is 15.8. The van der Waals surface area contributed by atoms with Gasteiger partial charge in [-0.15, -0.1) is 0 Å². The molecule has 114 valence electrons. The Morgan fingerprint density at radius 3 is 2.67 bits per heavy atom. The molecule has 0 atom stereocenters. The van der Waals surface area contributed by atoms with Crippen LogP contribution in [0.5, 0.6) is 0 Å². The molecular formula is C12H14ClFN4O2S. The number of rotatable bonds is 4. The van der Waals surface area contributed by atoms with E-state index in [2.05, 4.69) is 9.82 Å². The van der Waals surface area contributed by atoms with Gasteiger partial charge >= 0.3 is 0 Å². The van der Waals surface area contributed by atoms with Crippen molar-refractivity contribution in [2.24, 2.45) is 0 Å². The molecule has 1 heterocycles. The van der Waals surface area contributed by atoms with Crippen LogP contribution in [-0.4, -0.2) is 18.2 Å². The van der Waals surface area contributed by atoms with Crippen LogP contribution in [0, 0.1) is 5.82 Å². The van der Waals surface area contributed by atoms with Gasteiger partial charge in [0.25, 0.3) is 10.0 Å². The smallest absolute Gasteiger partial charge is 0.265 e. The molecule has 0 amide bonds. The molecule has 1 aromatic carbocycles. The van der Waals surface area contributed by atoms with Gasteiger partial charge in [0.05, 0.1) is 17.6 Å². The zero-order valence-corrected chi connectivity index (χ0v) is 12.9. The van der Waals surface area contributed by atoms with E-state index in [-0.39, 0.29) is 22.4 Å². The van der Waals surface area contributed by atoms with Gasteiger partial charge in [-0.1, -0.05) is 11.6 Å². The van der Waals surface area contributed by atoms with Gasteiger partial charge in [0.15, 0.2) is 5.82 Å². The first kappa shape index (κ1) is 15.6. The molecule has 0 aliphatic rings. The average Bonchev–Trinajstić information content (AvgIpc) is 2.81. The molecule has 9 heteroatoms. The zero-order valence-electron chi connectivity index (χ0n) is 11.3. The molecule has 0 radical (unpaired) electrons. The van der Waals surface area contributed by atoms with Crippen molar-refractivity contribution >= 4 is 33.0 Å². The fourth-order valence-corrected chi connectivity index (χ4v) is 3.12. The Hall–Kier alpha value is -1.80. The Labute approximate surface area is 126 Å². The van der Waals surface area contributed by atoms with Crippen LogP contribution in [-0.2, 0) is 10.0 Å². The summed E-state index contributed by atoms with van der Waals surface area (Å²) in [6, 6.07) is 2.22. The SMILES string of the molecule is CC(C)n1cc(NS(=O)(=O)c2cc(Cl)cc(N)c2F)cn1. The summed E-state index contributed by atoms with van der Waals surface area (Å²) in [5.74, 6) is -1.04. The summed E-state index contributed by atoms with van der Waals surface area (Å²) in [6.45, 7) is 3.78. The molecule has 0 spiro atoms. The number of anilines is 2. The summed E-state index contributed by atoms with van der Waals surface area (Å²) >= 11 is 5.72. The van der Waals surface area contributed by atoms with Crippen LogP contribution in [0.1, 0.15) is 19.9 Å². The molecule has 2 aromatic rings. The summed E-state index contributed by atoms with van der Waals surface area (Å²) in [6.07, 6.45) is 2.84. The van der Waals surface area contributed by atoms with E-state index < -0.39 is 20.7 Å². The molecule has 0 unspecified atom stereocenters. The fourth-order valence-electron chi connectivity index (χ4n) is 1.66. The van der Waals surface area contributed by atoms with Crippen molar-refractivity contribution in [3.63, 3.8) is 0 Å². The lowest BCUT2D eigenvalue weighted by Gasteiger charge is -2.09. The summed E-state index contributed by atoms with van der Waals surface area (Å²) in [7, 11) is -4.14. The third kappa shape index (κ3) is 3.27. The van der Waals surface area contributed by atoms with Gasteiger partial charge in [-0.3, -0.25) is 9.40 Å². The molecule has 0 aliphatic carbocycles. The van der Waals surface area contributed by atoms with Crippen molar-refractivity contribution in [3.8, 4) is 0 Å². The molecule has 0 aliphatic heterocycles. The topological polar surface area (TPSA) is 90.0 Å². The largest absolute Gasteiger partial charge is 0.396 e. The first-order valence-corrected chi connectivity index (χ1v) is 7.88. The molecule has 0 bridgehead atoms. The molecule has 21 heavy (non-hydrogen) atoms. The molecule has 0 saturated heterocycles. The Morgan fingerprint density at radius 2 is 2.10 bits per heavy atom. The van der Waals surface area contributed by atoms with Crippen LogP contribution in [0.15, 0.2) is 29.4 Å². The summed E-state index contributed by atoms with van der Waals surface area (Å²) in [5, 5.41) is 4.03. The van der Waals surface area contributed by atoms with Gasteiger partial charge in [-0.25, -0.2) is 12.8 Å². The lowest BCUT2D eigenvalue weighted by atomic mass is 10.3. The number of sulfonamides is 1. The lowest BCUT2D eigenvalue weighted by molar-refractivity contribution is 0.532. The number of nitrogens with two attached hydrogens (primary N) is 1. The van der Waals surface area contributed by atoms with Crippen molar-refractivity contribution < 1.29 is 12.8 Å². The third-order valence-electron chi connectivity index (χ3n) is 2.70. The lowest BCUT2D eigenvalue weighted by Crippen LogP contribution is -2.15. The van der Waals surface area contributed by atoms with Crippen LogP contribution in [0.3, 0.4) is 0 Å². The quantitative estimate of drug-likeness (QED) is 0.842. The second kappa shape index (κ2) is 5.53. The van der Waals surface area contributed by atoms with E-state index in [9.17, 15) is 12.8 Å². The van der Waals surface area contributed by atoms with E-state index in [1.54, 1.807) is 4.68 Å². The maximum absolute atomic E-state index is 13.9. The number of nitrogens with one attached hydrogen (secondary N) is 1. The molecule has 2 rings (SSSR count). The molecular weight excluding hydrogens is 319 g/mol. The van der Waals surface area contributed by atoms with Gasteiger partial charge in [0.1, 0.15) is 4.90 Å². The Bertz CT molecular complexity index is 774. The van der Waals surface area contributed by atoms with Crippen LogP contribution in [0.2, 0.25) is 5.02 Å². The molecule has 1 aromatic heterocycles. The molecule has 6 nitrogen and oxygen atoms in total. The highest BCUT2D eigenvalue weighted by atomic mass is 35.5. The highest BCUT2D eigenvalue weighted by Gasteiger charge is 2.22. The van der Waals surface area contributed by atoms with Crippen LogP contribution in [0.25, 0.3) is 0 Å². The van der Waals surface area contributed by atoms with Crippen molar-refractivity contribution in [1.29, 1.82) is 0 Å². The van der Waals surface area contributed by atoms with E-state index in [1.165, 1.54) is 12.4 Å². The van der Waals surface area contributed by atoms with Crippen LogP contribution in [0.4, 0.5) is 15.8 Å². The minimum atomic E-state index is -4.14. The van der Waals surface area contributed by atoms with Crippen molar-refractivity contribution in [2.75, 3.05) is 10.5 Å². The van der Waals surface area contributed by atoms with Gasteiger partial charge in [-0.2, -0.15) is 5.10 Å². The number of benzene rings is 1. The second-order valence-corrected chi connectivity index (χ2v) is 6.80. The second-order valence-electron chi connectivity index (χ2n) is 4.72. The van der Waals surface area contributed by atoms with E-state index in [0.29, 0.717) is 0 Å². The van der Waals surface area contributed by atoms with Crippen LogP contribution < -0.4 is 10.5 Å². The standard InChI is InChI=1S/C12H14ClFN4O2S/c1-7(2)18-6-9(5-16-18)17-21(19,20)11-4-8(13)3-10(15)12(11)14/h3-7,17H,15H2,1-2H3. The van der Waals surface area contributed by atoms with E-state index in [4.69, 9.17) is 17.3 Å².